The largest absolute Gasteiger partial charge is 0.344 e. The SMILES string of the molecule is CCP(=O)(O)CC.CCP(=O)(O)CC.CCP(=O)(O)CC.CCP(=O)(O)CC.CCP(=O)(O)CC.[AlH3]. The van der Waals surface area contributed by atoms with Gasteiger partial charge in [0.05, 0.1) is 0 Å². The van der Waals surface area contributed by atoms with Crippen LogP contribution in [0.15, 0.2) is 0 Å². The Morgan fingerprint density at radius 2 is 0.361 bits per heavy atom. The molecule has 0 aliphatic heterocycles. The van der Waals surface area contributed by atoms with E-state index in [0.29, 0.717) is 61.6 Å². The van der Waals surface area contributed by atoms with Gasteiger partial charge in [0.1, 0.15) is 0 Å². The second-order valence-electron chi connectivity index (χ2n) is 7.39. The molecule has 5 N–H and O–H groups in total. The number of hydrogen-bond acceptors (Lipinski definition) is 5. The van der Waals surface area contributed by atoms with Crippen molar-refractivity contribution in [2.24, 2.45) is 0 Å². The van der Waals surface area contributed by atoms with Gasteiger partial charge in [-0.2, -0.15) is 0 Å². The lowest BCUT2D eigenvalue weighted by Gasteiger charge is -2.01. The fourth-order valence-corrected chi connectivity index (χ4v) is 3.35. The van der Waals surface area contributed by atoms with Crippen LogP contribution in [-0.2, 0) is 22.8 Å². The van der Waals surface area contributed by atoms with E-state index in [1.807, 2.05) is 0 Å². The van der Waals surface area contributed by atoms with Crippen LogP contribution in [0.4, 0.5) is 0 Å². The summed E-state index contributed by atoms with van der Waals surface area (Å²) in [4.78, 5) is 43.4. The third kappa shape index (κ3) is 42.6. The second kappa shape index (κ2) is 26.7. The molecule has 0 saturated heterocycles. The molecule has 36 heavy (non-hydrogen) atoms. The van der Waals surface area contributed by atoms with Crippen molar-refractivity contribution in [1.82, 2.24) is 0 Å². The molecule has 16 heteroatoms. The van der Waals surface area contributed by atoms with Crippen LogP contribution in [0, 0.1) is 0 Å². The Balaban J connectivity index is -0.0000000776. The topological polar surface area (TPSA) is 186 Å². The van der Waals surface area contributed by atoms with E-state index < -0.39 is 36.8 Å². The standard InChI is InChI=1S/5C4H11O2P.Al.3H/c5*1-3-7(5,6)4-2;;;;/h5*3-4H2,1-2H3,(H,5,6);;;;. The van der Waals surface area contributed by atoms with Crippen molar-refractivity contribution in [3.05, 3.63) is 0 Å². The molecule has 0 unspecified atom stereocenters. The van der Waals surface area contributed by atoms with Gasteiger partial charge in [-0.05, 0) is 0 Å². The average Bonchev–Trinajstić information content (AvgIpc) is 2.85. The van der Waals surface area contributed by atoms with Crippen LogP contribution >= 0.6 is 36.8 Å². The van der Waals surface area contributed by atoms with E-state index in [1.165, 1.54) is 0 Å². The predicted molar refractivity (Wildman–Crippen MR) is 164 cm³/mol. The molecule has 0 aliphatic rings. The van der Waals surface area contributed by atoms with Crippen LogP contribution in [0.5, 0.6) is 0 Å². The van der Waals surface area contributed by atoms with Crippen molar-refractivity contribution in [3.63, 3.8) is 0 Å². The molecule has 0 amide bonds. The van der Waals surface area contributed by atoms with E-state index in [0.717, 1.165) is 0 Å². The minimum Gasteiger partial charge on any atom is -0.344 e. The fourth-order valence-electron chi connectivity index (χ4n) is 1.12. The van der Waals surface area contributed by atoms with Crippen molar-refractivity contribution >= 4 is 54.2 Å². The zero-order chi connectivity index (χ0) is 29.6. The highest BCUT2D eigenvalue weighted by Gasteiger charge is 2.11. The van der Waals surface area contributed by atoms with Crippen molar-refractivity contribution < 1.29 is 47.3 Å². The van der Waals surface area contributed by atoms with Gasteiger partial charge in [0.25, 0.3) is 0 Å². The van der Waals surface area contributed by atoms with Crippen LogP contribution in [0.1, 0.15) is 69.2 Å². The van der Waals surface area contributed by atoms with E-state index in [2.05, 4.69) is 0 Å². The lowest BCUT2D eigenvalue weighted by atomic mass is 11.0. The summed E-state index contributed by atoms with van der Waals surface area (Å²) < 4.78 is 52.5. The predicted octanol–water partition coefficient (Wildman–Crippen LogP) is 5.30. The Morgan fingerprint density at radius 3 is 0.361 bits per heavy atom. The maximum atomic E-state index is 10.5. The lowest BCUT2D eigenvalue weighted by molar-refractivity contribution is 0.479. The summed E-state index contributed by atoms with van der Waals surface area (Å²) in [5.74, 6) is 0. The molecule has 0 atom stereocenters. The number of hydrogen-bond donors (Lipinski definition) is 5. The van der Waals surface area contributed by atoms with Gasteiger partial charge >= 0.3 is 0 Å². The molecule has 0 aromatic carbocycles. The van der Waals surface area contributed by atoms with Crippen molar-refractivity contribution in [1.29, 1.82) is 0 Å². The highest BCUT2D eigenvalue weighted by atomic mass is 31.2. The van der Waals surface area contributed by atoms with E-state index >= 15 is 0 Å². The zero-order valence-electron chi connectivity index (χ0n) is 23.6. The maximum Gasteiger partial charge on any atom is 0.200 e. The first kappa shape index (κ1) is 50.3. The Morgan fingerprint density at radius 1 is 0.306 bits per heavy atom. The first-order valence-corrected chi connectivity index (χ1v) is 22.3. The van der Waals surface area contributed by atoms with Crippen LogP contribution in [0.2, 0.25) is 0 Å². The summed E-state index contributed by atoms with van der Waals surface area (Å²) >= 11 is 0. The van der Waals surface area contributed by atoms with Crippen LogP contribution in [-0.4, -0.2) is 103 Å². The van der Waals surface area contributed by atoms with E-state index in [9.17, 15) is 22.8 Å². The Bertz CT molecular complexity index is 554. The smallest absolute Gasteiger partial charge is 0.200 e. The first-order valence-electron chi connectivity index (χ1n) is 12.1. The first-order chi connectivity index (χ1) is 15.6. The molecule has 226 valence electrons. The van der Waals surface area contributed by atoms with Crippen molar-refractivity contribution in [2.45, 2.75) is 69.2 Å². The van der Waals surface area contributed by atoms with Crippen molar-refractivity contribution in [2.75, 3.05) is 61.6 Å². The molecule has 0 aromatic rings. The summed E-state index contributed by atoms with van der Waals surface area (Å²) in [5, 5.41) is 0. The van der Waals surface area contributed by atoms with Crippen LogP contribution < -0.4 is 0 Å². The molecule has 0 aliphatic carbocycles. The van der Waals surface area contributed by atoms with Gasteiger partial charge in [0.2, 0.25) is 0 Å². The Labute approximate surface area is 231 Å². The summed E-state index contributed by atoms with van der Waals surface area (Å²) in [5.41, 5.74) is 0. The fraction of sp³-hybridized carbons (Fsp3) is 1.00. The third-order valence-corrected chi connectivity index (χ3v) is 14.8. The molecule has 0 heterocycles. The Kier molecular flexibility index (Phi) is 37.3. The van der Waals surface area contributed by atoms with Gasteiger partial charge in [-0.3, -0.25) is 22.8 Å². The molecule has 10 nitrogen and oxygen atoms in total. The molecule has 0 rings (SSSR count). The van der Waals surface area contributed by atoms with Gasteiger partial charge in [0, 0.05) is 61.6 Å². The van der Waals surface area contributed by atoms with Gasteiger partial charge in [-0.1, -0.05) is 69.2 Å². The van der Waals surface area contributed by atoms with Crippen LogP contribution in [0.3, 0.4) is 0 Å². The molecule has 0 fully saturated rings. The minimum absolute atomic E-state index is 0. The normalized spacial score (nSPS) is 11.5. The summed E-state index contributed by atoms with van der Waals surface area (Å²) in [6, 6.07) is 0. The van der Waals surface area contributed by atoms with Gasteiger partial charge in [-0.15, -0.1) is 0 Å². The molecular formula is C20H58AlO10P5. The molecule has 0 spiro atoms. The second-order valence-corrected chi connectivity index (χ2v) is 22.2. The van der Waals surface area contributed by atoms with E-state index in [1.54, 1.807) is 69.2 Å². The zero-order valence-corrected chi connectivity index (χ0v) is 28.1. The van der Waals surface area contributed by atoms with Gasteiger partial charge in [-0.25, -0.2) is 0 Å². The molecule has 0 bridgehead atoms. The third-order valence-electron chi connectivity index (χ3n) is 4.94. The van der Waals surface area contributed by atoms with E-state index in [-0.39, 0.29) is 17.4 Å². The monoisotopic (exact) mass is 640 g/mol. The lowest BCUT2D eigenvalue weighted by Crippen LogP contribution is -1.84. The number of rotatable bonds is 10. The molecular weight excluding hydrogens is 582 g/mol. The van der Waals surface area contributed by atoms with Crippen LogP contribution in [0.25, 0.3) is 0 Å². The van der Waals surface area contributed by atoms with Crippen molar-refractivity contribution in [3.8, 4) is 0 Å². The average molecular weight is 641 g/mol. The highest BCUT2D eigenvalue weighted by molar-refractivity contribution is 7.59. The quantitative estimate of drug-likeness (QED) is 0.155. The Hall–Kier alpha value is 1.48. The summed E-state index contributed by atoms with van der Waals surface area (Å²) in [7, 11) is -13.3. The summed E-state index contributed by atoms with van der Waals surface area (Å²) in [6.45, 7) is 17.3. The van der Waals surface area contributed by atoms with E-state index in [4.69, 9.17) is 24.5 Å². The van der Waals surface area contributed by atoms with Gasteiger partial charge < -0.3 is 24.5 Å². The molecule has 0 aromatic heterocycles. The molecule has 0 radical (unpaired) electrons. The maximum absolute atomic E-state index is 10.5. The molecule has 0 saturated carbocycles. The highest BCUT2D eigenvalue weighted by Crippen LogP contribution is 2.40. The van der Waals surface area contributed by atoms with Gasteiger partial charge in [0.15, 0.2) is 54.2 Å². The minimum atomic E-state index is -2.65. The summed E-state index contributed by atoms with van der Waals surface area (Å²) in [6.07, 6.45) is 4.06.